The van der Waals surface area contributed by atoms with Crippen molar-refractivity contribution in [3.8, 4) is 56.8 Å². The number of rotatable bonds is 17. The van der Waals surface area contributed by atoms with E-state index in [1.165, 1.54) is 4.90 Å². The van der Waals surface area contributed by atoms with Crippen molar-refractivity contribution in [1.29, 1.82) is 0 Å². The van der Waals surface area contributed by atoms with Gasteiger partial charge in [0.1, 0.15) is 48.0 Å². The van der Waals surface area contributed by atoms with E-state index in [4.69, 9.17) is 24.5 Å². The minimum atomic E-state index is -0.851. The number of phenolic OH excluding ortho intramolecular Hbond substituents is 1. The van der Waals surface area contributed by atoms with E-state index in [-0.39, 0.29) is 79.3 Å². The molecule has 3 aliphatic heterocycles. The Kier molecular flexibility index (Phi) is 15.3. The lowest BCUT2D eigenvalue weighted by molar-refractivity contribution is -0.141. The quantitative estimate of drug-likeness (QED) is 0.0501. The van der Waals surface area contributed by atoms with Crippen molar-refractivity contribution in [1.82, 2.24) is 40.5 Å². The number of hydrogen-bond acceptors (Lipinski definition) is 18. The first kappa shape index (κ1) is 52.8. The monoisotopic (exact) mass is 1090 g/mol. The Morgan fingerprint density at radius 1 is 0.899 bits per heavy atom. The lowest BCUT2D eigenvalue weighted by Crippen LogP contribution is -2.54. The van der Waals surface area contributed by atoms with E-state index in [0.29, 0.717) is 46.6 Å². The molecule has 0 radical (unpaired) electrons. The number of carbonyl (C=O) groups excluding carboxylic acids is 2. The highest BCUT2D eigenvalue weighted by molar-refractivity contribution is 7.13. The Labute approximate surface area is 462 Å². The topological polar surface area (TPSA) is 241 Å². The number of benzene rings is 2. The number of aliphatic hydroxyl groups is 1. The summed E-state index contributed by atoms with van der Waals surface area (Å²) in [6, 6.07) is 25.8. The molecule has 1 saturated carbocycles. The lowest BCUT2D eigenvalue weighted by atomic mass is 9.91. The molecule has 3 saturated heterocycles. The summed E-state index contributed by atoms with van der Waals surface area (Å²) in [5.74, 6) is 6.83. The molecular weight excluding hydrogens is 1020 g/mol. The van der Waals surface area contributed by atoms with Crippen LogP contribution in [0.25, 0.3) is 21.7 Å². The largest absolute Gasteiger partial charge is 0.507 e. The molecule has 4 aliphatic rings. The van der Waals surface area contributed by atoms with Gasteiger partial charge in [0.15, 0.2) is 11.6 Å². The molecule has 2 amide bonds. The van der Waals surface area contributed by atoms with Crippen LogP contribution in [-0.2, 0) is 9.59 Å². The number of carbonyl (C=O) groups is 2. The summed E-state index contributed by atoms with van der Waals surface area (Å²) < 4.78 is 24.1. The Morgan fingerprint density at radius 3 is 2.42 bits per heavy atom. The van der Waals surface area contributed by atoms with Gasteiger partial charge in [0.2, 0.25) is 17.7 Å². The van der Waals surface area contributed by atoms with Crippen LogP contribution in [0.2, 0.25) is 0 Å². The Balaban J connectivity index is 0.614. The van der Waals surface area contributed by atoms with Gasteiger partial charge in [-0.2, -0.15) is 0 Å². The number of piperazine rings is 1. The molecular formula is C59H63N11O8S. The van der Waals surface area contributed by atoms with Gasteiger partial charge in [-0.1, -0.05) is 56.2 Å². The standard InChI is InChI=1S/C59H63N11O8S/c1-34(2)55(59(74)69-32-43(71)24-50(69)58(73)64-35(3)37-12-14-38(15-13-37)56-36(4)63-33-79-56)52-28-54(67-78-52)75-22-8-7-9-39-16-19-44(29-62-39)76-45-25-46(26-45)77-53-23-40(20-21-61-53)70-41-17-18-42(70)31-68(30-41)49-27-48(65-66-57(49)60)47-10-5-6-11-51(47)72/h5-6,10-16,19-21,23,27-29,33-35,41-43,45-46,50,55,71-72H,8,17-18,22,24-26,30-32H2,1-4H3,(H2,60,66)(H,64,73)/t35-,41+,42?,43+,45?,46?,50-,55-/m0/s1. The normalized spacial score (nSPS) is 21.2. The van der Waals surface area contributed by atoms with Gasteiger partial charge in [-0.25, -0.2) is 15.0 Å². The molecule has 5 N–H and O–H groups in total. The number of aryl methyl sites for hydroxylation is 1. The van der Waals surface area contributed by atoms with E-state index < -0.39 is 18.1 Å². The summed E-state index contributed by atoms with van der Waals surface area (Å²) in [6.07, 6.45) is 6.66. The Hall–Kier alpha value is -8.28. The second kappa shape index (κ2) is 23.0. The minimum Gasteiger partial charge on any atom is -0.507 e. The van der Waals surface area contributed by atoms with Crippen molar-refractivity contribution in [3.63, 3.8) is 0 Å². The van der Waals surface area contributed by atoms with Gasteiger partial charge in [0.05, 0.1) is 45.8 Å². The van der Waals surface area contributed by atoms with Crippen LogP contribution in [-0.4, -0.2) is 120 Å². The smallest absolute Gasteiger partial charge is 0.254 e. The van der Waals surface area contributed by atoms with E-state index >= 15 is 0 Å². The van der Waals surface area contributed by atoms with Gasteiger partial charge in [-0.05, 0) is 91.2 Å². The zero-order valence-corrected chi connectivity index (χ0v) is 45.3. The summed E-state index contributed by atoms with van der Waals surface area (Å²) in [6.45, 7) is 9.48. The van der Waals surface area contributed by atoms with E-state index in [0.717, 1.165) is 71.8 Å². The van der Waals surface area contributed by atoms with Crippen molar-refractivity contribution in [2.75, 3.05) is 41.8 Å². The number of thiazole rings is 1. The molecule has 1 unspecified atom stereocenters. The molecule has 1 aliphatic carbocycles. The molecule has 7 aromatic rings. The number of β-amino-alcohol motifs (C(OH)–C–C–N with tert-alkyl or cyclic N) is 1. The molecule has 6 atom stereocenters. The number of aromatic nitrogens is 6. The number of aromatic hydroxyl groups is 1. The molecule has 8 heterocycles. The molecule has 408 valence electrons. The van der Waals surface area contributed by atoms with Crippen LogP contribution < -0.4 is 35.1 Å². The van der Waals surface area contributed by atoms with Crippen LogP contribution in [0.4, 0.5) is 17.2 Å². The van der Waals surface area contributed by atoms with Crippen LogP contribution in [0, 0.1) is 24.7 Å². The van der Waals surface area contributed by atoms with Crippen molar-refractivity contribution in [2.24, 2.45) is 5.92 Å². The average molecular weight is 1090 g/mol. The van der Waals surface area contributed by atoms with Gasteiger partial charge in [-0.15, -0.1) is 21.5 Å². The maximum Gasteiger partial charge on any atom is 0.254 e. The first-order valence-electron chi connectivity index (χ1n) is 26.9. The summed E-state index contributed by atoms with van der Waals surface area (Å²) in [4.78, 5) is 48.6. The Bertz CT molecular complexity index is 3340. The third-order valence-electron chi connectivity index (χ3n) is 15.3. The minimum absolute atomic E-state index is 0.0132. The molecule has 2 aromatic carbocycles. The number of nitrogens with zero attached hydrogens (tertiary/aromatic N) is 9. The molecule has 11 rings (SSSR count). The number of hydrogen-bond donors (Lipinski definition) is 4. The average Bonchev–Trinajstić information content (AvgIpc) is 4.40. The van der Waals surface area contributed by atoms with Crippen LogP contribution in [0.3, 0.4) is 0 Å². The predicted molar refractivity (Wildman–Crippen MR) is 298 cm³/mol. The molecule has 20 heteroatoms. The molecule has 5 aromatic heterocycles. The Morgan fingerprint density at radius 2 is 1.68 bits per heavy atom. The third kappa shape index (κ3) is 11.6. The fraction of sp³-hybridized carbons (Fsp3) is 0.390. The van der Waals surface area contributed by atoms with Gasteiger partial charge in [0.25, 0.3) is 5.88 Å². The first-order chi connectivity index (χ1) is 38.3. The number of anilines is 3. The number of para-hydroxylation sites is 1. The highest BCUT2D eigenvalue weighted by Crippen LogP contribution is 2.41. The number of likely N-dealkylation sites (tertiary alicyclic amines) is 1. The molecule has 2 bridgehead atoms. The van der Waals surface area contributed by atoms with Crippen LogP contribution in [0.1, 0.15) is 94.0 Å². The van der Waals surface area contributed by atoms with E-state index in [1.54, 1.807) is 35.7 Å². The summed E-state index contributed by atoms with van der Waals surface area (Å²) >= 11 is 1.58. The molecule has 19 nitrogen and oxygen atoms in total. The molecule has 4 fully saturated rings. The van der Waals surface area contributed by atoms with Crippen molar-refractivity contribution in [3.05, 3.63) is 126 Å². The number of ether oxygens (including phenoxy) is 3. The lowest BCUT2D eigenvalue weighted by Gasteiger charge is -2.43. The van der Waals surface area contributed by atoms with Crippen molar-refractivity contribution < 1.29 is 38.5 Å². The second-order valence-corrected chi connectivity index (χ2v) is 22.0. The molecule has 79 heavy (non-hydrogen) atoms. The number of nitrogens with two attached hydrogens (primary N) is 1. The summed E-state index contributed by atoms with van der Waals surface area (Å²) in [5.41, 5.74) is 14.8. The maximum atomic E-state index is 14.2. The van der Waals surface area contributed by atoms with E-state index in [1.807, 2.05) is 100 Å². The SMILES string of the molecule is Cc1ncsc1-c1ccc([C@H](C)NC(=O)[C@@H]2C[C@@H](O)CN2C(=O)[C@H](c2cc(OCCC#Cc3ccc(OC4CC(Oc5cc(N6C7CC[C@@H]6CN(c6cc(-c8ccccc8O)nnc6N)C7)ccn5)C4)cn3)no2)C(C)C)cc1. The number of aliphatic hydroxyl groups excluding tert-OH is 1. The number of pyridine rings is 2. The fourth-order valence-corrected chi connectivity index (χ4v) is 12.0. The number of amides is 2. The number of fused-ring (bicyclic) bond motifs is 2. The number of nitrogens with one attached hydrogen (secondary N) is 1. The van der Waals surface area contributed by atoms with Crippen molar-refractivity contribution in [2.45, 2.75) is 115 Å². The highest BCUT2D eigenvalue weighted by Gasteiger charge is 2.44. The second-order valence-electron chi connectivity index (χ2n) is 21.1. The van der Waals surface area contributed by atoms with E-state index in [9.17, 15) is 19.8 Å². The van der Waals surface area contributed by atoms with E-state index in [2.05, 4.69) is 63.3 Å². The zero-order valence-electron chi connectivity index (χ0n) is 44.4. The predicted octanol–water partition coefficient (Wildman–Crippen LogP) is 7.89. The van der Waals surface area contributed by atoms with Crippen molar-refractivity contribution >= 4 is 40.3 Å². The van der Waals surface area contributed by atoms with Crippen LogP contribution in [0.5, 0.6) is 23.3 Å². The van der Waals surface area contributed by atoms with Gasteiger partial charge >= 0.3 is 0 Å². The first-order valence-corrected chi connectivity index (χ1v) is 27.8. The van der Waals surface area contributed by atoms with Crippen LogP contribution in [0.15, 0.2) is 107 Å². The number of nitrogen functional groups attached to an aromatic ring is 1. The van der Waals surface area contributed by atoms with Crippen LogP contribution >= 0.6 is 11.3 Å². The summed E-state index contributed by atoms with van der Waals surface area (Å²) in [5, 5.41) is 36.8. The summed E-state index contributed by atoms with van der Waals surface area (Å²) in [7, 11) is 0. The van der Waals surface area contributed by atoms with Gasteiger partial charge < -0.3 is 54.7 Å². The van der Waals surface area contributed by atoms with Gasteiger partial charge in [0, 0.05) is 87.0 Å². The number of phenols is 1. The third-order valence-corrected chi connectivity index (χ3v) is 16.3. The maximum absolute atomic E-state index is 14.2. The molecule has 0 spiro atoms. The zero-order chi connectivity index (χ0) is 54.7. The fourth-order valence-electron chi connectivity index (χ4n) is 11.2. The highest BCUT2D eigenvalue weighted by atomic mass is 32.1. The van der Waals surface area contributed by atoms with Gasteiger partial charge in [-0.3, -0.25) is 9.59 Å².